The third-order valence-corrected chi connectivity index (χ3v) is 2.76. The summed E-state index contributed by atoms with van der Waals surface area (Å²) in [4.78, 5) is 10.7. The van der Waals surface area contributed by atoms with Gasteiger partial charge >= 0.3 is 5.97 Å². The van der Waals surface area contributed by atoms with E-state index in [1.54, 1.807) is 0 Å². The molecule has 0 amide bonds. The predicted molar refractivity (Wildman–Crippen MR) is 59.7 cm³/mol. The first kappa shape index (κ1) is 9.97. The number of carboxylic acids is 1. The summed E-state index contributed by atoms with van der Waals surface area (Å²) in [6, 6.07) is 6.28. The van der Waals surface area contributed by atoms with Crippen molar-refractivity contribution in [1.82, 2.24) is 0 Å². The van der Waals surface area contributed by atoms with Gasteiger partial charge in [0, 0.05) is 0 Å². The van der Waals surface area contributed by atoms with Gasteiger partial charge < -0.3 is 5.11 Å². The Kier molecular flexibility index (Phi) is 2.58. The molecule has 0 saturated carbocycles. The first-order valence-corrected chi connectivity index (χ1v) is 5.17. The lowest BCUT2D eigenvalue weighted by atomic mass is 9.88. The molecule has 0 aliphatic heterocycles. The van der Waals surface area contributed by atoms with Crippen molar-refractivity contribution in [1.29, 1.82) is 0 Å². The average Bonchev–Trinajstić information content (AvgIpc) is 2.18. The number of hydrogen-bond acceptors (Lipinski definition) is 1. The molecule has 0 spiro atoms. The summed E-state index contributed by atoms with van der Waals surface area (Å²) in [6.07, 6.45) is 4.17. The van der Waals surface area contributed by atoms with Crippen molar-refractivity contribution in [2.24, 2.45) is 0 Å². The fraction of sp³-hybridized carbons (Fsp3) is 0.308. The molecule has 0 aromatic heterocycles. The molecule has 0 radical (unpaired) electrons. The number of benzene rings is 1. The van der Waals surface area contributed by atoms with E-state index in [0.717, 1.165) is 24.0 Å². The second-order valence-corrected chi connectivity index (χ2v) is 4.00. The smallest absolute Gasteiger partial charge is 0.307 e. The molecular weight excluding hydrogens is 188 g/mol. The Morgan fingerprint density at radius 3 is 3.00 bits per heavy atom. The molecule has 2 rings (SSSR count). The molecule has 1 aliphatic carbocycles. The topological polar surface area (TPSA) is 37.3 Å². The average molecular weight is 202 g/mol. The standard InChI is InChI=1S/C13H14O2/c1-9-5-6-10-3-2-4-11(8-13(14)15)12(10)7-9/h4-7H,2-3,8H2,1H3,(H,14,15). The van der Waals surface area contributed by atoms with Crippen molar-refractivity contribution in [3.05, 3.63) is 41.0 Å². The molecular formula is C13H14O2. The highest BCUT2D eigenvalue weighted by Crippen LogP contribution is 2.29. The van der Waals surface area contributed by atoms with Gasteiger partial charge in [-0.2, -0.15) is 0 Å². The summed E-state index contributed by atoms with van der Waals surface area (Å²) >= 11 is 0. The van der Waals surface area contributed by atoms with Crippen LogP contribution in [0.1, 0.15) is 29.5 Å². The third-order valence-electron chi connectivity index (χ3n) is 2.76. The Morgan fingerprint density at radius 2 is 2.27 bits per heavy atom. The maximum Gasteiger partial charge on any atom is 0.307 e. The normalized spacial score (nSPS) is 14.3. The Labute approximate surface area is 89.2 Å². The van der Waals surface area contributed by atoms with Crippen molar-refractivity contribution in [3.63, 3.8) is 0 Å². The molecule has 0 heterocycles. The molecule has 1 N–H and O–H groups in total. The third kappa shape index (κ3) is 2.09. The number of aliphatic carboxylic acids is 1. The maximum absolute atomic E-state index is 10.7. The van der Waals surface area contributed by atoms with Gasteiger partial charge in [0.2, 0.25) is 0 Å². The molecule has 1 aromatic carbocycles. The highest BCUT2D eigenvalue weighted by molar-refractivity contribution is 5.85. The Bertz CT molecular complexity index is 430. The predicted octanol–water partition coefficient (Wildman–Crippen LogP) is 2.80. The summed E-state index contributed by atoms with van der Waals surface area (Å²) < 4.78 is 0. The maximum atomic E-state index is 10.7. The summed E-state index contributed by atoms with van der Waals surface area (Å²) in [5.74, 6) is -0.754. The van der Waals surface area contributed by atoms with E-state index in [1.807, 2.05) is 6.92 Å². The molecule has 2 nitrogen and oxygen atoms in total. The summed E-state index contributed by atoms with van der Waals surface area (Å²) in [5.41, 5.74) is 4.56. The first-order chi connectivity index (χ1) is 7.16. The van der Waals surface area contributed by atoms with Crippen molar-refractivity contribution in [3.8, 4) is 0 Å². The molecule has 1 aliphatic rings. The summed E-state index contributed by atoms with van der Waals surface area (Å²) in [5, 5.41) is 8.82. The van der Waals surface area contributed by atoms with Crippen LogP contribution in [0.25, 0.3) is 5.57 Å². The van der Waals surface area contributed by atoms with Crippen molar-refractivity contribution in [2.75, 3.05) is 0 Å². The molecule has 0 bridgehead atoms. The van der Waals surface area contributed by atoms with Gasteiger partial charge in [0.25, 0.3) is 0 Å². The zero-order valence-corrected chi connectivity index (χ0v) is 8.79. The van der Waals surface area contributed by atoms with Crippen LogP contribution >= 0.6 is 0 Å². The van der Waals surface area contributed by atoms with E-state index in [0.29, 0.717) is 0 Å². The molecule has 0 fully saturated rings. The van der Waals surface area contributed by atoms with Gasteiger partial charge in [-0.25, -0.2) is 0 Å². The second-order valence-electron chi connectivity index (χ2n) is 4.00. The quantitative estimate of drug-likeness (QED) is 0.800. The Balaban J connectivity index is 2.40. The molecule has 2 heteroatoms. The number of rotatable bonds is 2. The van der Waals surface area contributed by atoms with Crippen LogP contribution in [0.2, 0.25) is 0 Å². The minimum atomic E-state index is -0.754. The molecule has 0 unspecified atom stereocenters. The van der Waals surface area contributed by atoms with Crippen molar-refractivity contribution in [2.45, 2.75) is 26.2 Å². The van der Waals surface area contributed by atoms with Crippen LogP contribution in [0.5, 0.6) is 0 Å². The highest BCUT2D eigenvalue weighted by Gasteiger charge is 2.14. The number of carbonyl (C=O) groups is 1. The Morgan fingerprint density at radius 1 is 1.47 bits per heavy atom. The Hall–Kier alpha value is -1.57. The zero-order valence-electron chi connectivity index (χ0n) is 8.79. The van der Waals surface area contributed by atoms with Crippen LogP contribution < -0.4 is 0 Å². The van der Waals surface area contributed by atoms with E-state index in [4.69, 9.17) is 5.11 Å². The van der Waals surface area contributed by atoms with Crippen LogP contribution in [0, 0.1) is 6.92 Å². The van der Waals surface area contributed by atoms with Gasteiger partial charge in [0.15, 0.2) is 0 Å². The fourth-order valence-corrected chi connectivity index (χ4v) is 2.05. The first-order valence-electron chi connectivity index (χ1n) is 5.17. The van der Waals surface area contributed by atoms with Gasteiger partial charge in [-0.3, -0.25) is 4.79 Å². The van der Waals surface area contributed by atoms with Gasteiger partial charge in [0.1, 0.15) is 0 Å². The van der Waals surface area contributed by atoms with Gasteiger partial charge in [-0.1, -0.05) is 29.8 Å². The lowest BCUT2D eigenvalue weighted by Gasteiger charge is -2.17. The van der Waals surface area contributed by atoms with Crippen molar-refractivity contribution < 1.29 is 9.90 Å². The largest absolute Gasteiger partial charge is 0.481 e. The lowest BCUT2D eigenvalue weighted by molar-refractivity contribution is -0.135. The highest BCUT2D eigenvalue weighted by atomic mass is 16.4. The van der Waals surface area contributed by atoms with Crippen LogP contribution in [0.3, 0.4) is 0 Å². The minimum Gasteiger partial charge on any atom is -0.481 e. The van der Waals surface area contributed by atoms with Crippen LogP contribution in [0.15, 0.2) is 24.3 Å². The molecule has 15 heavy (non-hydrogen) atoms. The molecule has 1 aromatic rings. The molecule has 78 valence electrons. The number of carboxylic acid groups (broad SMARTS) is 1. The number of hydrogen-bond donors (Lipinski definition) is 1. The van der Waals surface area contributed by atoms with Crippen LogP contribution in [-0.4, -0.2) is 11.1 Å². The summed E-state index contributed by atoms with van der Waals surface area (Å²) in [7, 11) is 0. The van der Waals surface area contributed by atoms with E-state index >= 15 is 0 Å². The lowest BCUT2D eigenvalue weighted by Crippen LogP contribution is -2.04. The van der Waals surface area contributed by atoms with E-state index < -0.39 is 5.97 Å². The van der Waals surface area contributed by atoms with Crippen LogP contribution in [0.4, 0.5) is 0 Å². The minimum absolute atomic E-state index is 0.135. The van der Waals surface area contributed by atoms with Crippen molar-refractivity contribution >= 4 is 11.5 Å². The SMILES string of the molecule is Cc1ccc2c(c1)C(CC(=O)O)=CCC2. The van der Waals surface area contributed by atoms with E-state index in [2.05, 4.69) is 24.3 Å². The van der Waals surface area contributed by atoms with Gasteiger partial charge in [-0.05, 0) is 36.5 Å². The van der Waals surface area contributed by atoms with E-state index in [9.17, 15) is 4.79 Å². The summed E-state index contributed by atoms with van der Waals surface area (Å²) in [6.45, 7) is 2.03. The number of allylic oxidation sites excluding steroid dienone is 1. The second kappa shape index (κ2) is 3.89. The fourth-order valence-electron chi connectivity index (χ4n) is 2.05. The number of fused-ring (bicyclic) bond motifs is 1. The van der Waals surface area contributed by atoms with Gasteiger partial charge in [0.05, 0.1) is 6.42 Å². The zero-order chi connectivity index (χ0) is 10.8. The molecule has 0 atom stereocenters. The van der Waals surface area contributed by atoms with Crippen LogP contribution in [-0.2, 0) is 11.2 Å². The molecule has 0 saturated heterocycles. The van der Waals surface area contributed by atoms with Gasteiger partial charge in [-0.15, -0.1) is 0 Å². The number of aryl methyl sites for hydroxylation is 2. The van der Waals surface area contributed by atoms with E-state index in [-0.39, 0.29) is 6.42 Å². The van der Waals surface area contributed by atoms with E-state index in [1.165, 1.54) is 11.1 Å². The monoisotopic (exact) mass is 202 g/mol.